The number of carboxylic acid groups (broad SMARTS) is 4. The third kappa shape index (κ3) is 5.50. The van der Waals surface area contributed by atoms with Crippen molar-refractivity contribution in [3.63, 3.8) is 0 Å². The molecule has 4 aromatic carbocycles. The smallest absolute Gasteiger partial charge is 0.337 e. The van der Waals surface area contributed by atoms with Crippen LogP contribution in [0.3, 0.4) is 0 Å². The normalized spacial score (nSPS) is 9.72. The number of hydrogen-bond acceptors (Lipinski definition) is 4. The molecule has 0 fully saturated rings. The SMILES string of the molecule is C#Cc1cc(C(=O)O)cc2cccc(C(=O)O)c12.C#Cc1cccc(-c2cccc(C#C)c2C(=O)O)c1C(=O)O. The van der Waals surface area contributed by atoms with Crippen molar-refractivity contribution in [2.75, 3.05) is 0 Å². The summed E-state index contributed by atoms with van der Waals surface area (Å²) in [5.41, 5.74) is 0.913. The number of rotatable bonds is 5. The van der Waals surface area contributed by atoms with Crippen molar-refractivity contribution in [2.45, 2.75) is 0 Å². The second-order valence-corrected chi connectivity index (χ2v) is 8.04. The minimum atomic E-state index is -1.23. The van der Waals surface area contributed by atoms with Gasteiger partial charge in [0.2, 0.25) is 0 Å². The van der Waals surface area contributed by atoms with Gasteiger partial charge in [0.25, 0.3) is 0 Å². The number of terminal acetylenes is 3. The van der Waals surface area contributed by atoms with Crippen LogP contribution in [0.15, 0.2) is 66.7 Å². The molecule has 0 unspecified atom stereocenters. The van der Waals surface area contributed by atoms with Gasteiger partial charge in [0, 0.05) is 22.1 Å². The van der Waals surface area contributed by atoms with Gasteiger partial charge in [0.05, 0.1) is 22.3 Å². The van der Waals surface area contributed by atoms with Crippen LogP contribution in [-0.2, 0) is 0 Å². The Bertz CT molecular complexity index is 1770. The van der Waals surface area contributed by atoms with E-state index in [4.69, 9.17) is 29.5 Å². The molecule has 0 spiro atoms. The van der Waals surface area contributed by atoms with E-state index in [2.05, 4.69) is 17.8 Å². The molecule has 0 amide bonds. The first-order valence-corrected chi connectivity index (χ1v) is 11.2. The Balaban J connectivity index is 0.000000225. The van der Waals surface area contributed by atoms with Crippen LogP contribution in [0, 0.1) is 37.0 Å². The molecule has 40 heavy (non-hydrogen) atoms. The molecule has 4 N–H and O–H groups in total. The van der Waals surface area contributed by atoms with Gasteiger partial charge in [-0.25, -0.2) is 19.2 Å². The first kappa shape index (κ1) is 28.3. The fourth-order valence-corrected chi connectivity index (χ4v) is 4.10. The molecule has 0 saturated carbocycles. The number of hydrogen-bond donors (Lipinski definition) is 4. The maximum absolute atomic E-state index is 11.5. The van der Waals surface area contributed by atoms with Crippen LogP contribution in [0.4, 0.5) is 0 Å². The molecule has 0 aromatic heterocycles. The fourth-order valence-electron chi connectivity index (χ4n) is 4.10. The van der Waals surface area contributed by atoms with Crippen molar-refractivity contribution in [2.24, 2.45) is 0 Å². The van der Waals surface area contributed by atoms with Crippen molar-refractivity contribution < 1.29 is 39.6 Å². The summed E-state index contributed by atoms with van der Waals surface area (Å²) >= 11 is 0. The average molecular weight is 530 g/mol. The highest BCUT2D eigenvalue weighted by molar-refractivity contribution is 6.08. The Labute approximate surface area is 228 Å². The Morgan fingerprint density at radius 2 is 1.02 bits per heavy atom. The minimum absolute atomic E-state index is 0.0398. The summed E-state index contributed by atoms with van der Waals surface area (Å²) in [7, 11) is 0. The molecular weight excluding hydrogens is 512 g/mol. The van der Waals surface area contributed by atoms with Crippen LogP contribution in [0.1, 0.15) is 58.1 Å². The van der Waals surface area contributed by atoms with Gasteiger partial charge in [-0.2, -0.15) is 0 Å². The van der Waals surface area contributed by atoms with Crippen LogP contribution in [0.5, 0.6) is 0 Å². The van der Waals surface area contributed by atoms with E-state index >= 15 is 0 Å². The number of carboxylic acids is 4. The summed E-state index contributed by atoms with van der Waals surface area (Å²) in [5, 5.41) is 37.8. The van der Waals surface area contributed by atoms with Crippen molar-refractivity contribution in [1.82, 2.24) is 0 Å². The number of fused-ring (bicyclic) bond motifs is 1. The van der Waals surface area contributed by atoms with Gasteiger partial charge in [-0.3, -0.25) is 0 Å². The van der Waals surface area contributed by atoms with E-state index in [1.54, 1.807) is 24.3 Å². The fraction of sp³-hybridized carbons (Fsp3) is 0. The predicted octanol–water partition coefficient (Wildman–Crippen LogP) is 4.93. The molecule has 194 valence electrons. The van der Waals surface area contributed by atoms with E-state index in [0.717, 1.165) is 0 Å². The molecule has 4 rings (SSSR count). The molecule has 8 nitrogen and oxygen atoms in total. The Hall–Kier alpha value is -6.30. The third-order valence-electron chi connectivity index (χ3n) is 5.77. The summed E-state index contributed by atoms with van der Waals surface area (Å²) < 4.78 is 0. The Kier molecular flexibility index (Phi) is 8.36. The van der Waals surface area contributed by atoms with Crippen LogP contribution in [-0.4, -0.2) is 44.3 Å². The van der Waals surface area contributed by atoms with Gasteiger partial charge in [-0.05, 0) is 46.8 Å². The number of benzene rings is 4. The number of aromatic carboxylic acids is 4. The molecular formula is C32H18O8. The summed E-state index contributed by atoms with van der Waals surface area (Å²) in [6.45, 7) is 0. The zero-order chi connectivity index (χ0) is 29.6. The highest BCUT2D eigenvalue weighted by Crippen LogP contribution is 2.31. The van der Waals surface area contributed by atoms with Gasteiger partial charge in [-0.1, -0.05) is 54.2 Å². The molecule has 0 bridgehead atoms. The highest BCUT2D eigenvalue weighted by atomic mass is 16.4. The molecule has 0 heterocycles. The first-order chi connectivity index (χ1) is 19.0. The van der Waals surface area contributed by atoms with Gasteiger partial charge in [0.15, 0.2) is 0 Å². The second kappa shape index (κ2) is 11.8. The average Bonchev–Trinajstić information content (AvgIpc) is 2.95. The monoisotopic (exact) mass is 530 g/mol. The molecule has 0 atom stereocenters. The summed E-state index contributed by atoms with van der Waals surface area (Å²) in [5.74, 6) is 2.26. The summed E-state index contributed by atoms with van der Waals surface area (Å²) in [6, 6.07) is 16.5. The number of carbonyl (C=O) groups is 4. The topological polar surface area (TPSA) is 149 Å². The minimum Gasteiger partial charge on any atom is -0.478 e. The van der Waals surface area contributed by atoms with E-state index in [-0.39, 0.29) is 50.1 Å². The van der Waals surface area contributed by atoms with Crippen LogP contribution in [0.25, 0.3) is 21.9 Å². The van der Waals surface area contributed by atoms with E-state index in [1.165, 1.54) is 42.5 Å². The largest absolute Gasteiger partial charge is 0.478 e. The highest BCUT2D eigenvalue weighted by Gasteiger charge is 2.22. The van der Waals surface area contributed by atoms with Gasteiger partial charge in [0.1, 0.15) is 0 Å². The van der Waals surface area contributed by atoms with Crippen LogP contribution >= 0.6 is 0 Å². The standard InChI is InChI=1S/C18H10O4.C14H8O4/c1-3-11-7-5-9-13(15(11)17(19)20)14-10-6-8-12(4-2)16(14)18(21)22;1-2-8-6-10(13(15)16)7-9-4-3-5-11(12(8)9)14(17)18/h1-2,5-10H,(H,19,20)(H,21,22);1,3-7H,(H,15,16)(H,17,18). The molecule has 0 radical (unpaired) electrons. The summed E-state index contributed by atoms with van der Waals surface area (Å²) in [6.07, 6.45) is 16.0. The van der Waals surface area contributed by atoms with E-state index in [9.17, 15) is 29.4 Å². The van der Waals surface area contributed by atoms with Gasteiger partial charge >= 0.3 is 23.9 Å². The lowest BCUT2D eigenvalue weighted by Gasteiger charge is -2.12. The maximum Gasteiger partial charge on any atom is 0.337 e. The Morgan fingerprint density at radius 3 is 1.43 bits per heavy atom. The summed E-state index contributed by atoms with van der Waals surface area (Å²) in [4.78, 5) is 45.1. The second-order valence-electron chi connectivity index (χ2n) is 8.04. The molecule has 0 aliphatic carbocycles. The molecule has 0 saturated heterocycles. The molecule has 0 aliphatic rings. The third-order valence-corrected chi connectivity index (χ3v) is 5.77. The maximum atomic E-state index is 11.5. The zero-order valence-electron chi connectivity index (χ0n) is 20.5. The lowest BCUT2D eigenvalue weighted by atomic mass is 9.90. The lowest BCUT2D eigenvalue weighted by molar-refractivity contribution is 0.0684. The van der Waals surface area contributed by atoms with Crippen molar-refractivity contribution >= 4 is 34.6 Å². The van der Waals surface area contributed by atoms with E-state index < -0.39 is 23.9 Å². The molecule has 0 aliphatic heterocycles. The molecule has 4 aromatic rings. The lowest BCUT2D eigenvalue weighted by Crippen LogP contribution is -2.08. The van der Waals surface area contributed by atoms with Crippen molar-refractivity contribution in [1.29, 1.82) is 0 Å². The van der Waals surface area contributed by atoms with Crippen molar-refractivity contribution in [3.8, 4) is 48.2 Å². The predicted molar refractivity (Wildman–Crippen MR) is 147 cm³/mol. The molecule has 8 heteroatoms. The van der Waals surface area contributed by atoms with Gasteiger partial charge < -0.3 is 20.4 Å². The van der Waals surface area contributed by atoms with Crippen LogP contribution in [0.2, 0.25) is 0 Å². The van der Waals surface area contributed by atoms with Gasteiger partial charge in [-0.15, -0.1) is 19.3 Å². The quantitative estimate of drug-likeness (QED) is 0.265. The zero-order valence-corrected chi connectivity index (χ0v) is 20.5. The first-order valence-electron chi connectivity index (χ1n) is 11.2. The van der Waals surface area contributed by atoms with E-state index in [0.29, 0.717) is 10.8 Å². The Morgan fingerprint density at radius 1 is 0.550 bits per heavy atom. The van der Waals surface area contributed by atoms with E-state index in [1.807, 2.05) is 0 Å². The van der Waals surface area contributed by atoms with Crippen molar-refractivity contribution in [3.05, 3.63) is 106 Å². The van der Waals surface area contributed by atoms with Crippen LogP contribution < -0.4 is 0 Å².